The van der Waals surface area contributed by atoms with Crippen LogP contribution in [-0.2, 0) is 22.9 Å². The number of nitrogens with two attached hydrogens (primary N) is 1. The molecule has 7 rings (SSSR count). The van der Waals surface area contributed by atoms with Gasteiger partial charge < -0.3 is 21.3 Å². The molecular weight excluding hydrogens is 546 g/mol. The predicted molar refractivity (Wildman–Crippen MR) is 168 cm³/mol. The van der Waals surface area contributed by atoms with Gasteiger partial charge in [0.05, 0.1) is 16.1 Å². The first-order valence-electron chi connectivity index (χ1n) is 15.0. The average molecular weight is 584 g/mol. The van der Waals surface area contributed by atoms with Crippen molar-refractivity contribution in [1.29, 1.82) is 0 Å². The fourth-order valence-electron chi connectivity index (χ4n) is 6.50. The van der Waals surface area contributed by atoms with Crippen molar-refractivity contribution in [2.75, 3.05) is 49.5 Å². The van der Waals surface area contributed by atoms with Gasteiger partial charge in [-0.1, -0.05) is 6.07 Å². The molecule has 4 N–H and O–H groups in total. The van der Waals surface area contributed by atoms with Gasteiger partial charge in [-0.25, -0.2) is 13.4 Å². The SMILES string of the molecule is N[C@@H]1CCN(c2c3c(nc4ccc(-c5ccnc(Nc6ccc(S(=O)(=O)N7CCNCC7)cc6)c5)cc24)CCCC3)C1. The molecule has 42 heavy (non-hydrogen) atoms. The lowest BCUT2D eigenvalue weighted by Crippen LogP contribution is -2.46. The monoisotopic (exact) mass is 583 g/mol. The number of nitrogens with zero attached hydrogens (tertiary/aromatic N) is 4. The van der Waals surface area contributed by atoms with Crippen molar-refractivity contribution >= 4 is 38.1 Å². The number of sulfonamides is 1. The van der Waals surface area contributed by atoms with Crippen molar-refractivity contribution in [2.24, 2.45) is 5.73 Å². The molecule has 4 aromatic rings. The van der Waals surface area contributed by atoms with E-state index in [-0.39, 0.29) is 6.04 Å². The quantitative estimate of drug-likeness (QED) is 0.311. The molecule has 10 heteroatoms. The zero-order valence-corrected chi connectivity index (χ0v) is 24.5. The minimum Gasteiger partial charge on any atom is -0.369 e. The van der Waals surface area contributed by atoms with Crippen LogP contribution < -0.4 is 21.3 Å². The molecule has 0 amide bonds. The Labute approximate surface area is 247 Å². The first kappa shape index (κ1) is 27.3. The van der Waals surface area contributed by atoms with Crippen LogP contribution in [0.15, 0.2) is 65.7 Å². The van der Waals surface area contributed by atoms with Gasteiger partial charge in [0.25, 0.3) is 0 Å². The van der Waals surface area contributed by atoms with E-state index in [1.54, 1.807) is 30.5 Å². The third kappa shape index (κ3) is 5.24. The molecule has 0 saturated carbocycles. The summed E-state index contributed by atoms with van der Waals surface area (Å²) in [7, 11) is -3.50. The molecule has 2 aromatic heterocycles. The highest BCUT2D eigenvalue weighted by molar-refractivity contribution is 7.89. The van der Waals surface area contributed by atoms with Gasteiger partial charge in [0.2, 0.25) is 10.0 Å². The molecule has 1 atom stereocenters. The van der Waals surface area contributed by atoms with Gasteiger partial charge in [-0.2, -0.15) is 4.31 Å². The van der Waals surface area contributed by atoms with E-state index in [0.717, 1.165) is 54.7 Å². The Bertz CT molecular complexity index is 1720. The van der Waals surface area contributed by atoms with Crippen molar-refractivity contribution in [2.45, 2.75) is 43.0 Å². The minimum atomic E-state index is -3.50. The van der Waals surface area contributed by atoms with Gasteiger partial charge in [0.1, 0.15) is 5.82 Å². The Balaban J connectivity index is 1.17. The van der Waals surface area contributed by atoms with Crippen molar-refractivity contribution in [3.05, 3.63) is 72.1 Å². The van der Waals surface area contributed by atoms with Crippen molar-refractivity contribution in [3.8, 4) is 11.1 Å². The molecule has 0 spiro atoms. The van der Waals surface area contributed by atoms with Gasteiger partial charge in [0.15, 0.2) is 0 Å². The average Bonchev–Trinajstić information content (AvgIpc) is 3.46. The third-order valence-electron chi connectivity index (χ3n) is 8.71. The van der Waals surface area contributed by atoms with Crippen molar-refractivity contribution in [1.82, 2.24) is 19.6 Å². The molecular formula is C32H37N7O2S. The highest BCUT2D eigenvalue weighted by atomic mass is 32.2. The largest absolute Gasteiger partial charge is 0.369 e. The maximum Gasteiger partial charge on any atom is 0.243 e. The molecule has 2 aromatic carbocycles. The fraction of sp³-hybridized carbons (Fsp3) is 0.375. The molecule has 2 aliphatic heterocycles. The van der Waals surface area contributed by atoms with E-state index in [9.17, 15) is 8.42 Å². The van der Waals surface area contributed by atoms with Gasteiger partial charge in [-0.3, -0.25) is 4.98 Å². The lowest BCUT2D eigenvalue weighted by molar-refractivity contribution is 0.360. The molecule has 0 bridgehead atoms. The van der Waals surface area contributed by atoms with Crippen LogP contribution in [0.2, 0.25) is 0 Å². The predicted octanol–water partition coefficient (Wildman–Crippen LogP) is 4.05. The number of hydrogen-bond donors (Lipinski definition) is 3. The lowest BCUT2D eigenvalue weighted by Gasteiger charge is -2.28. The second kappa shape index (κ2) is 11.3. The Morgan fingerprint density at radius 2 is 1.71 bits per heavy atom. The first-order chi connectivity index (χ1) is 20.5. The molecule has 1 aliphatic carbocycles. The molecule has 2 saturated heterocycles. The topological polar surface area (TPSA) is 116 Å². The van der Waals surface area contributed by atoms with E-state index in [1.807, 2.05) is 12.1 Å². The van der Waals surface area contributed by atoms with Gasteiger partial charge >= 0.3 is 0 Å². The molecule has 218 valence electrons. The zero-order chi connectivity index (χ0) is 28.7. The van der Waals surface area contributed by atoms with E-state index < -0.39 is 10.0 Å². The number of pyridine rings is 2. The van der Waals surface area contributed by atoms with Crippen molar-refractivity contribution < 1.29 is 8.42 Å². The number of benzene rings is 2. The standard InChI is InChI=1S/C32H37N7O2S/c33-24-12-16-38(21-24)32-27-3-1-2-4-29(27)37-30-10-5-22(19-28(30)32)23-11-13-35-31(20-23)36-25-6-8-26(9-7-25)42(40,41)39-17-14-34-15-18-39/h5-11,13,19-20,24,34H,1-4,12,14-18,21,33H2,(H,35,36)/t24-/m1/s1. The van der Waals surface area contributed by atoms with Gasteiger partial charge in [-0.15, -0.1) is 0 Å². The number of nitrogens with one attached hydrogen (secondary N) is 2. The van der Waals surface area contributed by atoms with E-state index in [0.29, 0.717) is 36.9 Å². The van der Waals surface area contributed by atoms with E-state index in [1.165, 1.54) is 39.5 Å². The van der Waals surface area contributed by atoms with Gasteiger partial charge in [0, 0.05) is 68.3 Å². The van der Waals surface area contributed by atoms with Crippen LogP contribution in [0, 0.1) is 0 Å². The smallest absolute Gasteiger partial charge is 0.243 e. The Morgan fingerprint density at radius 3 is 2.50 bits per heavy atom. The molecule has 2 fully saturated rings. The van der Waals surface area contributed by atoms with Crippen LogP contribution in [0.1, 0.15) is 30.5 Å². The summed E-state index contributed by atoms with van der Waals surface area (Å²) >= 11 is 0. The highest BCUT2D eigenvalue weighted by Crippen LogP contribution is 2.39. The lowest BCUT2D eigenvalue weighted by atomic mass is 9.91. The second-order valence-electron chi connectivity index (χ2n) is 11.6. The minimum absolute atomic E-state index is 0.209. The van der Waals surface area contributed by atoms with E-state index in [4.69, 9.17) is 10.7 Å². The van der Waals surface area contributed by atoms with Crippen LogP contribution in [0.3, 0.4) is 0 Å². The van der Waals surface area contributed by atoms with Crippen LogP contribution in [-0.4, -0.2) is 68.0 Å². The molecule has 3 aliphatic rings. The number of aryl methyl sites for hydroxylation is 1. The normalized spacial score (nSPS) is 19.6. The summed E-state index contributed by atoms with van der Waals surface area (Å²) in [4.78, 5) is 12.4. The molecule has 4 heterocycles. The van der Waals surface area contributed by atoms with Crippen LogP contribution in [0.4, 0.5) is 17.2 Å². The zero-order valence-electron chi connectivity index (χ0n) is 23.7. The van der Waals surface area contributed by atoms with Crippen LogP contribution in [0.5, 0.6) is 0 Å². The fourth-order valence-corrected chi connectivity index (χ4v) is 7.94. The van der Waals surface area contributed by atoms with Gasteiger partial charge in [-0.05, 0) is 97.3 Å². The Kier molecular flexibility index (Phi) is 7.31. The number of piperazine rings is 1. The summed E-state index contributed by atoms with van der Waals surface area (Å²) in [6.07, 6.45) is 7.33. The van der Waals surface area contributed by atoms with Crippen LogP contribution in [0.25, 0.3) is 22.0 Å². The molecule has 0 radical (unpaired) electrons. The number of fused-ring (bicyclic) bond motifs is 2. The number of hydrogen-bond acceptors (Lipinski definition) is 8. The summed E-state index contributed by atoms with van der Waals surface area (Å²) in [6.45, 7) is 4.18. The maximum absolute atomic E-state index is 13.0. The molecule has 9 nitrogen and oxygen atoms in total. The third-order valence-corrected chi connectivity index (χ3v) is 10.6. The Morgan fingerprint density at radius 1 is 0.929 bits per heavy atom. The summed E-state index contributed by atoms with van der Waals surface area (Å²) in [5, 5.41) is 7.73. The summed E-state index contributed by atoms with van der Waals surface area (Å²) in [5.41, 5.74) is 14.3. The number of aromatic nitrogens is 2. The van der Waals surface area contributed by atoms with E-state index >= 15 is 0 Å². The number of anilines is 3. The summed E-state index contributed by atoms with van der Waals surface area (Å²) < 4.78 is 27.6. The summed E-state index contributed by atoms with van der Waals surface area (Å²) in [5.74, 6) is 0.694. The number of rotatable bonds is 6. The summed E-state index contributed by atoms with van der Waals surface area (Å²) in [6, 6.07) is 17.7. The van der Waals surface area contributed by atoms with E-state index in [2.05, 4.69) is 38.7 Å². The van der Waals surface area contributed by atoms with Crippen LogP contribution >= 0.6 is 0 Å². The molecule has 0 unspecified atom stereocenters. The first-order valence-corrected chi connectivity index (χ1v) is 16.4. The highest BCUT2D eigenvalue weighted by Gasteiger charge is 2.27. The maximum atomic E-state index is 13.0. The van der Waals surface area contributed by atoms with Crippen molar-refractivity contribution in [3.63, 3.8) is 0 Å². The Hall–Kier alpha value is -3.57. The second-order valence-corrected chi connectivity index (χ2v) is 13.5.